The van der Waals surface area contributed by atoms with Crippen LogP contribution < -0.4 is 0 Å². The Balaban J connectivity index is 1.47. The summed E-state index contributed by atoms with van der Waals surface area (Å²) >= 11 is 0. The number of likely N-dealkylation sites (tertiary alicyclic amines) is 1. The number of nitrogens with zero attached hydrogens (tertiary/aromatic N) is 2. The average Bonchev–Trinajstić information content (AvgIpc) is 3.24. The van der Waals surface area contributed by atoms with Crippen molar-refractivity contribution in [1.82, 2.24) is 4.90 Å². The second-order valence-electron chi connectivity index (χ2n) is 7.08. The number of hydrogen-bond donors (Lipinski definition) is 0. The van der Waals surface area contributed by atoms with Crippen LogP contribution in [0.4, 0.5) is 5.69 Å². The summed E-state index contributed by atoms with van der Waals surface area (Å²) in [6.45, 7) is 0.869. The van der Waals surface area contributed by atoms with Crippen LogP contribution in [-0.2, 0) is 12.8 Å². The number of hydrogen-bond acceptors (Lipinski definition) is 2. The highest BCUT2D eigenvalue weighted by atomic mass is 16.2. The standard InChI is InChI=1S/C21H20N2O/c24-21(16-8-7-14-9-10-22-19(14)12-16)23-11-3-6-18-17-5-2-1-4-15(17)13-20(18)23/h1-2,4-5,7-8,10,12,18,20H,3,6,9,11,13H2/t18-,20+/m0/s1. The van der Waals surface area contributed by atoms with Crippen molar-refractivity contribution in [3.63, 3.8) is 0 Å². The lowest BCUT2D eigenvalue weighted by Gasteiger charge is -2.38. The molecule has 2 aliphatic heterocycles. The summed E-state index contributed by atoms with van der Waals surface area (Å²) in [5.41, 5.74) is 5.84. The van der Waals surface area contributed by atoms with Crippen molar-refractivity contribution in [2.24, 2.45) is 4.99 Å². The number of piperidine rings is 1. The lowest BCUT2D eigenvalue weighted by atomic mass is 9.88. The molecule has 0 radical (unpaired) electrons. The molecule has 1 amide bonds. The van der Waals surface area contributed by atoms with Gasteiger partial charge in [-0.3, -0.25) is 9.79 Å². The molecular formula is C21H20N2O. The van der Waals surface area contributed by atoms with Crippen molar-refractivity contribution in [3.05, 3.63) is 64.7 Å². The van der Waals surface area contributed by atoms with Gasteiger partial charge in [0, 0.05) is 36.7 Å². The van der Waals surface area contributed by atoms with Gasteiger partial charge in [-0.1, -0.05) is 30.3 Å². The van der Waals surface area contributed by atoms with Crippen molar-refractivity contribution in [3.8, 4) is 0 Å². The largest absolute Gasteiger partial charge is 0.335 e. The average molecular weight is 316 g/mol. The first-order valence-corrected chi connectivity index (χ1v) is 8.85. The third kappa shape index (κ3) is 2.04. The smallest absolute Gasteiger partial charge is 0.254 e. The quantitative estimate of drug-likeness (QED) is 0.785. The van der Waals surface area contributed by atoms with Crippen LogP contribution in [-0.4, -0.2) is 29.6 Å². The van der Waals surface area contributed by atoms with E-state index < -0.39 is 0 Å². The topological polar surface area (TPSA) is 32.7 Å². The second-order valence-corrected chi connectivity index (χ2v) is 7.08. The minimum absolute atomic E-state index is 0.169. The highest BCUT2D eigenvalue weighted by Crippen LogP contribution is 2.42. The Bertz CT molecular complexity index is 855. The first-order chi connectivity index (χ1) is 11.8. The van der Waals surface area contributed by atoms with Crippen LogP contribution in [0.5, 0.6) is 0 Å². The first-order valence-electron chi connectivity index (χ1n) is 8.85. The number of rotatable bonds is 1. The van der Waals surface area contributed by atoms with Crippen LogP contribution >= 0.6 is 0 Å². The zero-order chi connectivity index (χ0) is 16.1. The minimum Gasteiger partial charge on any atom is -0.335 e. The van der Waals surface area contributed by atoms with Gasteiger partial charge in [-0.2, -0.15) is 0 Å². The second kappa shape index (κ2) is 5.30. The maximum absolute atomic E-state index is 13.2. The maximum atomic E-state index is 13.2. The predicted molar refractivity (Wildman–Crippen MR) is 95.2 cm³/mol. The van der Waals surface area contributed by atoms with Crippen molar-refractivity contribution in [2.75, 3.05) is 6.54 Å². The van der Waals surface area contributed by atoms with E-state index in [1.165, 1.54) is 23.1 Å². The molecule has 120 valence electrons. The zero-order valence-electron chi connectivity index (χ0n) is 13.6. The summed E-state index contributed by atoms with van der Waals surface area (Å²) in [7, 11) is 0. The fraction of sp³-hybridized carbons (Fsp3) is 0.333. The molecule has 0 saturated carbocycles. The van der Waals surface area contributed by atoms with E-state index in [2.05, 4.69) is 40.2 Å². The van der Waals surface area contributed by atoms with Crippen LogP contribution in [0.2, 0.25) is 0 Å². The van der Waals surface area contributed by atoms with Gasteiger partial charge in [0.1, 0.15) is 0 Å². The maximum Gasteiger partial charge on any atom is 0.254 e. The van der Waals surface area contributed by atoms with Gasteiger partial charge in [0.05, 0.1) is 5.69 Å². The van der Waals surface area contributed by atoms with Crippen LogP contribution in [0.15, 0.2) is 47.5 Å². The van der Waals surface area contributed by atoms with E-state index in [0.29, 0.717) is 12.0 Å². The Labute approximate surface area is 142 Å². The molecule has 3 heteroatoms. The van der Waals surface area contributed by atoms with E-state index in [0.717, 1.165) is 37.1 Å². The summed E-state index contributed by atoms with van der Waals surface area (Å²) in [5.74, 6) is 0.675. The van der Waals surface area contributed by atoms with Crippen LogP contribution in [0, 0.1) is 0 Å². The molecule has 0 unspecified atom stereocenters. The van der Waals surface area contributed by atoms with Crippen LogP contribution in [0.25, 0.3) is 0 Å². The molecule has 1 fully saturated rings. The third-order valence-electron chi connectivity index (χ3n) is 5.80. The van der Waals surface area contributed by atoms with E-state index >= 15 is 0 Å². The highest BCUT2D eigenvalue weighted by Gasteiger charge is 2.40. The molecule has 0 spiro atoms. The molecular weight excluding hydrogens is 296 g/mol. The number of aliphatic imine (C=N–C) groups is 1. The molecule has 1 saturated heterocycles. The van der Waals surface area contributed by atoms with Gasteiger partial charge in [0.25, 0.3) is 5.91 Å². The predicted octanol–water partition coefficient (Wildman–Crippen LogP) is 3.89. The SMILES string of the molecule is O=C(c1ccc2c(c1)N=CC2)N1CCC[C@H]2c3ccccc3C[C@H]21. The number of fused-ring (bicyclic) bond motifs is 4. The molecule has 2 heterocycles. The molecule has 0 N–H and O–H groups in total. The Hall–Kier alpha value is -2.42. The fourth-order valence-corrected chi connectivity index (χ4v) is 4.63. The minimum atomic E-state index is 0.169. The van der Waals surface area contributed by atoms with E-state index in [9.17, 15) is 4.79 Å². The molecule has 2 aromatic carbocycles. The Morgan fingerprint density at radius 2 is 2.04 bits per heavy atom. The summed E-state index contributed by atoms with van der Waals surface area (Å²) < 4.78 is 0. The van der Waals surface area contributed by atoms with Crippen molar-refractivity contribution < 1.29 is 4.79 Å². The monoisotopic (exact) mass is 316 g/mol. The zero-order valence-corrected chi connectivity index (χ0v) is 13.6. The molecule has 0 aromatic heterocycles. The summed E-state index contributed by atoms with van der Waals surface area (Å²) in [6, 6.07) is 15.0. The molecule has 24 heavy (non-hydrogen) atoms. The summed E-state index contributed by atoms with van der Waals surface area (Å²) in [4.78, 5) is 19.7. The molecule has 3 nitrogen and oxygen atoms in total. The van der Waals surface area contributed by atoms with Gasteiger partial charge in [-0.25, -0.2) is 0 Å². The molecule has 3 aliphatic rings. The first kappa shape index (κ1) is 14.0. The van der Waals surface area contributed by atoms with Gasteiger partial charge in [0.2, 0.25) is 0 Å². The Morgan fingerprint density at radius 3 is 3.00 bits per heavy atom. The third-order valence-corrected chi connectivity index (χ3v) is 5.80. The molecule has 5 rings (SSSR count). The van der Waals surface area contributed by atoms with Crippen LogP contribution in [0.3, 0.4) is 0 Å². The van der Waals surface area contributed by atoms with Gasteiger partial charge in [-0.05, 0) is 48.1 Å². The fourth-order valence-electron chi connectivity index (χ4n) is 4.63. The molecule has 0 bridgehead atoms. The highest BCUT2D eigenvalue weighted by molar-refractivity contribution is 5.96. The molecule has 2 aromatic rings. The number of carbonyl (C=O) groups is 1. The van der Waals surface area contributed by atoms with Gasteiger partial charge >= 0.3 is 0 Å². The number of amides is 1. The van der Waals surface area contributed by atoms with E-state index in [-0.39, 0.29) is 5.91 Å². The van der Waals surface area contributed by atoms with E-state index in [1.54, 1.807) is 0 Å². The van der Waals surface area contributed by atoms with Gasteiger partial charge < -0.3 is 4.90 Å². The molecule has 1 aliphatic carbocycles. The molecule has 2 atom stereocenters. The van der Waals surface area contributed by atoms with E-state index in [1.807, 2.05) is 18.3 Å². The Kier molecular flexibility index (Phi) is 3.09. The lowest BCUT2D eigenvalue weighted by molar-refractivity contribution is 0.0595. The summed E-state index contributed by atoms with van der Waals surface area (Å²) in [5, 5.41) is 0. The van der Waals surface area contributed by atoms with Gasteiger partial charge in [0.15, 0.2) is 0 Å². The summed E-state index contributed by atoms with van der Waals surface area (Å²) in [6.07, 6.45) is 6.08. The number of carbonyl (C=O) groups excluding carboxylic acids is 1. The van der Waals surface area contributed by atoms with Crippen LogP contribution in [0.1, 0.15) is 45.8 Å². The van der Waals surface area contributed by atoms with E-state index in [4.69, 9.17) is 0 Å². The van der Waals surface area contributed by atoms with Crippen molar-refractivity contribution in [1.29, 1.82) is 0 Å². The number of benzene rings is 2. The van der Waals surface area contributed by atoms with Crippen molar-refractivity contribution >= 4 is 17.8 Å². The van der Waals surface area contributed by atoms with Gasteiger partial charge in [-0.15, -0.1) is 0 Å². The van der Waals surface area contributed by atoms with Crippen molar-refractivity contribution in [2.45, 2.75) is 37.6 Å². The normalized spacial score (nSPS) is 23.8. The Morgan fingerprint density at radius 1 is 1.12 bits per heavy atom. The lowest BCUT2D eigenvalue weighted by Crippen LogP contribution is -2.46.